The summed E-state index contributed by atoms with van der Waals surface area (Å²) in [6.07, 6.45) is 2.02. The van der Waals surface area contributed by atoms with E-state index >= 15 is 0 Å². The molecule has 1 heterocycles. The Morgan fingerprint density at radius 1 is 1.61 bits per heavy atom. The first-order valence-corrected chi connectivity index (χ1v) is 5.70. The molecule has 1 aliphatic rings. The molecule has 0 saturated heterocycles. The molecule has 8 heteroatoms. The third kappa shape index (κ3) is 2.58. The first-order chi connectivity index (χ1) is 8.49. The van der Waals surface area contributed by atoms with Gasteiger partial charge >= 0.3 is 5.69 Å². The molecule has 1 fully saturated rings. The van der Waals surface area contributed by atoms with E-state index in [2.05, 4.69) is 15.7 Å². The number of hydrogen-bond acceptors (Lipinski definition) is 5. The van der Waals surface area contributed by atoms with Crippen molar-refractivity contribution in [1.82, 2.24) is 15.1 Å². The van der Waals surface area contributed by atoms with Crippen molar-refractivity contribution in [1.29, 1.82) is 0 Å². The van der Waals surface area contributed by atoms with Gasteiger partial charge in [0.05, 0.1) is 11.5 Å². The van der Waals surface area contributed by atoms with Gasteiger partial charge in [0, 0.05) is 13.1 Å². The van der Waals surface area contributed by atoms with E-state index in [1.807, 2.05) is 0 Å². The van der Waals surface area contributed by atoms with Crippen LogP contribution in [0.5, 0.6) is 0 Å². The number of carbonyl (C=O) groups is 1. The second-order valence-corrected chi connectivity index (χ2v) is 4.36. The number of carbonyl (C=O) groups excluding carboxylic acids is 1. The molecule has 0 atom stereocenters. The van der Waals surface area contributed by atoms with E-state index in [0.717, 1.165) is 12.8 Å². The molecule has 18 heavy (non-hydrogen) atoms. The Kier molecular flexibility index (Phi) is 3.17. The summed E-state index contributed by atoms with van der Waals surface area (Å²) in [4.78, 5) is 21.9. The van der Waals surface area contributed by atoms with Crippen molar-refractivity contribution >= 4 is 17.4 Å². The molecule has 1 aromatic rings. The van der Waals surface area contributed by atoms with E-state index in [1.54, 1.807) is 14.0 Å². The first kappa shape index (κ1) is 12.3. The second-order valence-electron chi connectivity index (χ2n) is 4.36. The van der Waals surface area contributed by atoms with Crippen LogP contribution < -0.4 is 10.6 Å². The molecule has 1 aromatic heterocycles. The molecule has 0 spiro atoms. The van der Waals surface area contributed by atoms with Gasteiger partial charge in [0.1, 0.15) is 5.69 Å². The number of aryl methyl sites for hydroxylation is 2. The number of nitrogens with zero attached hydrogens (tertiary/aromatic N) is 3. The monoisotopic (exact) mass is 253 g/mol. The number of nitro groups is 1. The van der Waals surface area contributed by atoms with E-state index in [9.17, 15) is 14.9 Å². The topological polar surface area (TPSA) is 102 Å². The van der Waals surface area contributed by atoms with Crippen molar-refractivity contribution in [3.05, 3.63) is 15.8 Å². The average Bonchev–Trinajstić information content (AvgIpc) is 3.01. The summed E-state index contributed by atoms with van der Waals surface area (Å²) in [6.45, 7) is 1.57. The highest BCUT2D eigenvalue weighted by atomic mass is 16.6. The fourth-order valence-corrected chi connectivity index (χ4v) is 1.73. The lowest BCUT2D eigenvalue weighted by Crippen LogP contribution is -2.31. The number of nitrogens with one attached hydrogen (secondary N) is 2. The molecule has 0 radical (unpaired) electrons. The highest BCUT2D eigenvalue weighted by Crippen LogP contribution is 2.27. The Morgan fingerprint density at radius 2 is 2.28 bits per heavy atom. The Balaban J connectivity index is 2.03. The van der Waals surface area contributed by atoms with Gasteiger partial charge in [-0.15, -0.1) is 0 Å². The van der Waals surface area contributed by atoms with Crippen molar-refractivity contribution in [3.63, 3.8) is 0 Å². The Morgan fingerprint density at radius 3 is 2.83 bits per heavy atom. The van der Waals surface area contributed by atoms with Crippen LogP contribution in [0.15, 0.2) is 0 Å². The molecular weight excluding hydrogens is 238 g/mol. The van der Waals surface area contributed by atoms with Crippen LogP contribution in [-0.2, 0) is 11.8 Å². The molecule has 2 N–H and O–H groups in total. The van der Waals surface area contributed by atoms with Crippen LogP contribution in [0.1, 0.15) is 18.5 Å². The van der Waals surface area contributed by atoms with Crippen LogP contribution in [0.25, 0.3) is 0 Å². The lowest BCUT2D eigenvalue weighted by atomic mass is 10.4. The summed E-state index contributed by atoms with van der Waals surface area (Å²) in [5, 5.41) is 20.4. The van der Waals surface area contributed by atoms with Gasteiger partial charge in [-0.25, -0.2) is 4.68 Å². The van der Waals surface area contributed by atoms with E-state index in [1.165, 1.54) is 4.68 Å². The zero-order chi connectivity index (χ0) is 13.3. The minimum absolute atomic E-state index is 0.0102. The fourth-order valence-electron chi connectivity index (χ4n) is 1.73. The summed E-state index contributed by atoms with van der Waals surface area (Å²) in [5.41, 5.74) is 0.240. The zero-order valence-electron chi connectivity index (χ0n) is 10.3. The van der Waals surface area contributed by atoms with Gasteiger partial charge in [-0.2, -0.15) is 5.10 Å². The molecule has 1 aliphatic carbocycles. The van der Waals surface area contributed by atoms with E-state index in [0.29, 0.717) is 5.69 Å². The van der Waals surface area contributed by atoms with Crippen molar-refractivity contribution in [3.8, 4) is 0 Å². The third-order valence-electron chi connectivity index (χ3n) is 2.73. The third-order valence-corrected chi connectivity index (χ3v) is 2.73. The molecule has 8 nitrogen and oxygen atoms in total. The lowest BCUT2D eigenvalue weighted by Gasteiger charge is -2.06. The van der Waals surface area contributed by atoms with Crippen molar-refractivity contribution < 1.29 is 9.72 Å². The SMILES string of the molecule is Cc1nn(C)c(NCC(=O)NC2CC2)c1[N+](=O)[O-]. The molecule has 98 valence electrons. The van der Waals surface area contributed by atoms with Crippen LogP contribution in [-0.4, -0.2) is 33.2 Å². The summed E-state index contributed by atoms with van der Waals surface area (Å²) in [6, 6.07) is 0.280. The summed E-state index contributed by atoms with van der Waals surface area (Å²) < 4.78 is 1.37. The van der Waals surface area contributed by atoms with Crippen molar-refractivity contribution in [2.24, 2.45) is 7.05 Å². The predicted octanol–water partition coefficient (Wildman–Crippen LogP) is 0.327. The largest absolute Gasteiger partial charge is 0.355 e. The first-order valence-electron chi connectivity index (χ1n) is 5.70. The van der Waals surface area contributed by atoms with Gasteiger partial charge in [0.25, 0.3) is 0 Å². The van der Waals surface area contributed by atoms with Crippen molar-refractivity contribution in [2.45, 2.75) is 25.8 Å². The molecular formula is C10H15N5O3. The van der Waals surface area contributed by atoms with Crippen LogP contribution in [0.2, 0.25) is 0 Å². The van der Waals surface area contributed by atoms with Gasteiger partial charge in [-0.1, -0.05) is 0 Å². The lowest BCUT2D eigenvalue weighted by molar-refractivity contribution is -0.384. The summed E-state index contributed by atoms with van der Waals surface area (Å²) in [5.74, 6) is 0.0918. The quantitative estimate of drug-likeness (QED) is 0.581. The number of amides is 1. The molecule has 0 bridgehead atoms. The number of hydrogen-bond donors (Lipinski definition) is 2. The minimum Gasteiger partial charge on any atom is -0.355 e. The maximum absolute atomic E-state index is 11.5. The molecule has 1 saturated carbocycles. The number of aromatic nitrogens is 2. The van der Waals surface area contributed by atoms with Crippen molar-refractivity contribution in [2.75, 3.05) is 11.9 Å². The van der Waals surface area contributed by atoms with Crippen LogP contribution in [0.3, 0.4) is 0 Å². The molecule has 0 aromatic carbocycles. The number of rotatable bonds is 5. The standard InChI is InChI=1S/C10H15N5O3/c1-6-9(15(17)18)10(14(2)13-6)11-5-8(16)12-7-3-4-7/h7,11H,3-5H2,1-2H3,(H,12,16). The van der Waals surface area contributed by atoms with Gasteiger partial charge in [-0.3, -0.25) is 14.9 Å². The van der Waals surface area contributed by atoms with Crippen LogP contribution in [0, 0.1) is 17.0 Å². The molecule has 1 amide bonds. The highest BCUT2D eigenvalue weighted by Gasteiger charge is 2.26. The second kappa shape index (κ2) is 4.63. The van der Waals surface area contributed by atoms with E-state index < -0.39 is 4.92 Å². The van der Waals surface area contributed by atoms with E-state index in [-0.39, 0.29) is 30.0 Å². The zero-order valence-corrected chi connectivity index (χ0v) is 10.3. The molecule has 0 aliphatic heterocycles. The van der Waals surface area contributed by atoms with Gasteiger partial charge in [0.2, 0.25) is 11.7 Å². The Hall–Kier alpha value is -2.12. The maximum atomic E-state index is 11.5. The predicted molar refractivity (Wildman–Crippen MR) is 64.3 cm³/mol. The summed E-state index contributed by atoms with van der Waals surface area (Å²) >= 11 is 0. The number of anilines is 1. The maximum Gasteiger partial charge on any atom is 0.333 e. The molecule has 0 unspecified atom stereocenters. The minimum atomic E-state index is -0.497. The summed E-state index contributed by atoms with van der Waals surface area (Å²) in [7, 11) is 1.60. The normalized spacial score (nSPS) is 14.3. The molecule has 2 rings (SSSR count). The van der Waals surface area contributed by atoms with Gasteiger partial charge in [0.15, 0.2) is 0 Å². The Labute approximate surface area is 104 Å². The van der Waals surface area contributed by atoms with Crippen LogP contribution >= 0.6 is 0 Å². The highest BCUT2D eigenvalue weighted by molar-refractivity contribution is 5.81. The van der Waals surface area contributed by atoms with Gasteiger partial charge in [-0.05, 0) is 19.8 Å². The average molecular weight is 253 g/mol. The Bertz CT molecular complexity index is 492. The van der Waals surface area contributed by atoms with Gasteiger partial charge < -0.3 is 10.6 Å². The van der Waals surface area contributed by atoms with Crippen LogP contribution in [0.4, 0.5) is 11.5 Å². The van der Waals surface area contributed by atoms with E-state index in [4.69, 9.17) is 0 Å². The fraction of sp³-hybridized carbons (Fsp3) is 0.600. The smallest absolute Gasteiger partial charge is 0.333 e.